The summed E-state index contributed by atoms with van der Waals surface area (Å²) in [5, 5.41) is 9.77. The summed E-state index contributed by atoms with van der Waals surface area (Å²) >= 11 is 0. The van der Waals surface area contributed by atoms with Crippen LogP contribution in [-0.4, -0.2) is 17.2 Å². The topological polar surface area (TPSA) is 46.5 Å². The summed E-state index contributed by atoms with van der Waals surface area (Å²) in [5.41, 5.74) is 0.0684. The highest BCUT2D eigenvalue weighted by Crippen LogP contribution is 2.59. The Labute approximate surface area is 83.8 Å². The number of rotatable bonds is 1. The van der Waals surface area contributed by atoms with Gasteiger partial charge in [0, 0.05) is 12.8 Å². The Bertz CT molecular complexity index is 304. The Hall–Kier alpha value is -0.830. The van der Waals surface area contributed by atoms with Crippen LogP contribution in [0.5, 0.6) is 0 Å². The molecule has 0 aliphatic heterocycles. The van der Waals surface area contributed by atoms with Crippen LogP contribution in [0.3, 0.4) is 0 Å². The van der Waals surface area contributed by atoms with E-state index in [9.17, 15) is 9.90 Å². The van der Waals surface area contributed by atoms with Crippen LogP contribution < -0.4 is 0 Å². The maximum atomic E-state index is 10.8. The number of allylic oxidation sites excluding steroid dienone is 1. The number of fused-ring (bicyclic) bond motifs is 1. The molecule has 2 bridgehead atoms. The molecule has 78 valence electrons. The van der Waals surface area contributed by atoms with Crippen molar-refractivity contribution in [2.24, 2.45) is 17.3 Å². The van der Waals surface area contributed by atoms with Crippen LogP contribution >= 0.6 is 0 Å². The summed E-state index contributed by atoms with van der Waals surface area (Å²) in [6, 6.07) is 0. The summed E-state index contributed by atoms with van der Waals surface area (Å²) < 4.78 is 5.11. The molecule has 2 unspecified atom stereocenters. The van der Waals surface area contributed by atoms with Crippen LogP contribution in [0, 0.1) is 17.3 Å². The highest BCUT2D eigenvalue weighted by Gasteiger charge is 2.56. The maximum Gasteiger partial charge on any atom is 0.307 e. The van der Waals surface area contributed by atoms with Crippen LogP contribution in [0.4, 0.5) is 0 Å². The molecule has 0 saturated heterocycles. The van der Waals surface area contributed by atoms with E-state index in [1.807, 2.05) is 0 Å². The molecule has 3 aliphatic rings. The van der Waals surface area contributed by atoms with Crippen molar-refractivity contribution in [3.05, 3.63) is 11.8 Å². The van der Waals surface area contributed by atoms with Gasteiger partial charge in [0.2, 0.25) is 0 Å². The van der Waals surface area contributed by atoms with Crippen LogP contribution in [0.15, 0.2) is 11.8 Å². The summed E-state index contributed by atoms with van der Waals surface area (Å²) in [7, 11) is 0. The van der Waals surface area contributed by atoms with Crippen molar-refractivity contribution in [2.45, 2.75) is 33.3 Å². The van der Waals surface area contributed by atoms with E-state index < -0.39 is 6.10 Å². The molecule has 3 aliphatic carbocycles. The van der Waals surface area contributed by atoms with E-state index in [0.29, 0.717) is 17.6 Å². The zero-order valence-corrected chi connectivity index (χ0v) is 8.78. The van der Waals surface area contributed by atoms with Gasteiger partial charge in [-0.3, -0.25) is 4.79 Å². The van der Waals surface area contributed by atoms with E-state index in [2.05, 4.69) is 13.8 Å². The van der Waals surface area contributed by atoms with Gasteiger partial charge < -0.3 is 9.84 Å². The first kappa shape index (κ1) is 9.71. The van der Waals surface area contributed by atoms with Gasteiger partial charge >= 0.3 is 5.97 Å². The second-order valence-electron chi connectivity index (χ2n) is 4.87. The van der Waals surface area contributed by atoms with E-state index >= 15 is 0 Å². The number of hydrogen-bond acceptors (Lipinski definition) is 3. The zero-order valence-electron chi connectivity index (χ0n) is 8.78. The molecule has 3 nitrogen and oxygen atoms in total. The second kappa shape index (κ2) is 2.83. The Morgan fingerprint density at radius 2 is 2.29 bits per heavy atom. The Kier molecular flexibility index (Phi) is 1.96. The first-order chi connectivity index (χ1) is 6.43. The maximum absolute atomic E-state index is 10.8. The fourth-order valence-corrected chi connectivity index (χ4v) is 2.69. The molecule has 0 aromatic heterocycles. The number of carbonyl (C=O) groups is 1. The highest BCUT2D eigenvalue weighted by atomic mass is 16.5. The molecule has 0 heterocycles. The summed E-state index contributed by atoms with van der Waals surface area (Å²) in [4.78, 5) is 10.8. The molecule has 0 radical (unpaired) electrons. The minimum absolute atomic E-state index is 0.0684. The summed E-state index contributed by atoms with van der Waals surface area (Å²) in [6.07, 6.45) is 2.17. The van der Waals surface area contributed by atoms with Gasteiger partial charge in [0.05, 0.1) is 6.10 Å². The van der Waals surface area contributed by atoms with Crippen molar-refractivity contribution in [2.75, 3.05) is 0 Å². The fraction of sp³-hybridized carbons (Fsp3) is 0.727. The van der Waals surface area contributed by atoms with Crippen molar-refractivity contribution >= 4 is 5.97 Å². The molecule has 0 amide bonds. The lowest BCUT2D eigenvalue weighted by Crippen LogP contribution is -2.54. The lowest BCUT2D eigenvalue weighted by Gasteiger charge is -2.56. The minimum atomic E-state index is -0.454. The third-order valence-corrected chi connectivity index (χ3v) is 3.70. The Morgan fingerprint density at radius 3 is 2.71 bits per heavy atom. The van der Waals surface area contributed by atoms with Crippen LogP contribution in [-0.2, 0) is 9.53 Å². The number of ether oxygens (including phenoxy) is 1. The molecule has 0 aromatic carbocycles. The highest BCUT2D eigenvalue weighted by molar-refractivity contribution is 5.67. The van der Waals surface area contributed by atoms with E-state index in [1.165, 1.54) is 6.92 Å². The average Bonchev–Trinajstić information content (AvgIpc) is 2.00. The van der Waals surface area contributed by atoms with Gasteiger partial charge in [-0.2, -0.15) is 0 Å². The molecule has 3 heteroatoms. The summed E-state index contributed by atoms with van der Waals surface area (Å²) in [5.74, 6) is 0.994. The number of esters is 1. The molecule has 1 N–H and O–H groups in total. The average molecular weight is 196 g/mol. The van der Waals surface area contributed by atoms with Crippen molar-refractivity contribution in [3.8, 4) is 0 Å². The number of aliphatic hydroxyl groups is 1. The summed E-state index contributed by atoms with van der Waals surface area (Å²) in [6.45, 7) is 5.63. The van der Waals surface area contributed by atoms with Crippen LogP contribution in [0.25, 0.3) is 0 Å². The zero-order chi connectivity index (χ0) is 10.5. The molecule has 14 heavy (non-hydrogen) atoms. The normalized spacial score (nSPS) is 38.3. The Morgan fingerprint density at radius 1 is 1.64 bits per heavy atom. The molecule has 1 fully saturated rings. The van der Waals surface area contributed by atoms with Crippen molar-refractivity contribution in [1.82, 2.24) is 0 Å². The quantitative estimate of drug-likeness (QED) is 0.646. The molecular weight excluding hydrogens is 180 g/mol. The second-order valence-corrected chi connectivity index (χ2v) is 4.87. The van der Waals surface area contributed by atoms with Gasteiger partial charge in [0.15, 0.2) is 0 Å². The Balaban J connectivity index is 2.22. The molecule has 3 rings (SSSR count). The third kappa shape index (κ3) is 1.19. The first-order valence-electron chi connectivity index (χ1n) is 5.01. The van der Waals surface area contributed by atoms with E-state index in [1.54, 1.807) is 6.08 Å². The lowest BCUT2D eigenvalue weighted by molar-refractivity contribution is -0.146. The lowest BCUT2D eigenvalue weighted by atomic mass is 9.49. The first-order valence-corrected chi connectivity index (χ1v) is 5.01. The van der Waals surface area contributed by atoms with Crippen LogP contribution in [0.1, 0.15) is 27.2 Å². The van der Waals surface area contributed by atoms with Crippen molar-refractivity contribution in [3.63, 3.8) is 0 Å². The van der Waals surface area contributed by atoms with Gasteiger partial charge in [0.1, 0.15) is 5.76 Å². The SMILES string of the molecule is CC(=O)OC1=CC(O)C2C[C@@H]1C2(C)C. The van der Waals surface area contributed by atoms with Gasteiger partial charge in [-0.15, -0.1) is 0 Å². The third-order valence-electron chi connectivity index (χ3n) is 3.70. The molecule has 1 saturated carbocycles. The molecule has 3 atom stereocenters. The standard InChI is InChI=1S/C11H16O3/c1-6(12)14-10-5-9(13)7-4-8(10)11(7,2)3/h5,7-9,13H,4H2,1-3H3/t7?,8-,9?/m0/s1. The smallest absolute Gasteiger partial charge is 0.307 e. The fourth-order valence-electron chi connectivity index (χ4n) is 2.69. The predicted octanol–water partition coefficient (Wildman–Crippen LogP) is 1.47. The van der Waals surface area contributed by atoms with Crippen molar-refractivity contribution in [1.29, 1.82) is 0 Å². The largest absolute Gasteiger partial charge is 0.431 e. The van der Waals surface area contributed by atoms with Crippen LogP contribution in [0.2, 0.25) is 0 Å². The number of aliphatic hydroxyl groups excluding tert-OH is 1. The van der Waals surface area contributed by atoms with E-state index in [4.69, 9.17) is 4.74 Å². The number of carbonyl (C=O) groups excluding carboxylic acids is 1. The minimum Gasteiger partial charge on any atom is -0.431 e. The van der Waals surface area contributed by atoms with E-state index in [-0.39, 0.29) is 11.4 Å². The van der Waals surface area contributed by atoms with Gasteiger partial charge in [0.25, 0.3) is 0 Å². The van der Waals surface area contributed by atoms with Gasteiger partial charge in [-0.1, -0.05) is 13.8 Å². The monoisotopic (exact) mass is 196 g/mol. The number of hydrogen-bond donors (Lipinski definition) is 1. The molecule has 0 spiro atoms. The predicted molar refractivity (Wildman–Crippen MR) is 51.2 cm³/mol. The molecular formula is C11H16O3. The van der Waals surface area contributed by atoms with Crippen molar-refractivity contribution < 1.29 is 14.6 Å². The molecule has 0 aromatic rings. The van der Waals surface area contributed by atoms with E-state index in [0.717, 1.165) is 6.42 Å². The van der Waals surface area contributed by atoms with Gasteiger partial charge in [-0.25, -0.2) is 0 Å². The van der Waals surface area contributed by atoms with Gasteiger partial charge in [-0.05, 0) is 23.8 Å².